The van der Waals surface area contributed by atoms with Crippen LogP contribution in [-0.2, 0) is 6.54 Å². The van der Waals surface area contributed by atoms with Gasteiger partial charge in [0, 0.05) is 12.0 Å². The third kappa shape index (κ3) is 3.14. The summed E-state index contributed by atoms with van der Waals surface area (Å²) in [6, 6.07) is 10.1. The number of nitrogens with two attached hydrogens (primary N) is 1. The van der Waals surface area contributed by atoms with Gasteiger partial charge in [-0.05, 0) is 31.7 Å². The molecular formula is C16H22N4O. The van der Waals surface area contributed by atoms with Gasteiger partial charge in [-0.25, -0.2) is 9.67 Å². The molecule has 0 saturated heterocycles. The van der Waals surface area contributed by atoms with E-state index >= 15 is 0 Å². The fourth-order valence-electron chi connectivity index (χ4n) is 3.05. The van der Waals surface area contributed by atoms with Crippen LogP contribution in [0.3, 0.4) is 0 Å². The van der Waals surface area contributed by atoms with Crippen LogP contribution in [0.2, 0.25) is 0 Å². The molecule has 1 aliphatic carbocycles. The number of benzene rings is 1. The van der Waals surface area contributed by atoms with Crippen molar-refractivity contribution in [3.05, 3.63) is 47.5 Å². The number of aromatic nitrogens is 3. The van der Waals surface area contributed by atoms with Crippen molar-refractivity contribution in [2.75, 3.05) is 0 Å². The van der Waals surface area contributed by atoms with Crippen LogP contribution >= 0.6 is 0 Å². The quantitative estimate of drug-likeness (QED) is 0.898. The number of hydrogen-bond donors (Lipinski definition) is 2. The molecule has 0 aliphatic heterocycles. The second-order valence-corrected chi connectivity index (χ2v) is 5.90. The normalized spacial score (nSPS) is 26.0. The minimum absolute atomic E-state index is 0.104. The molecule has 0 unspecified atom stereocenters. The minimum atomic E-state index is -0.439. The van der Waals surface area contributed by atoms with E-state index in [1.54, 1.807) is 0 Å². The maximum absolute atomic E-state index is 10.0. The summed E-state index contributed by atoms with van der Waals surface area (Å²) in [5, 5.41) is 14.5. The highest BCUT2D eigenvalue weighted by Crippen LogP contribution is 2.31. The Kier molecular flexibility index (Phi) is 4.03. The summed E-state index contributed by atoms with van der Waals surface area (Å²) in [5.41, 5.74) is 7.10. The molecule has 0 radical (unpaired) electrons. The molecule has 21 heavy (non-hydrogen) atoms. The summed E-state index contributed by atoms with van der Waals surface area (Å²) in [7, 11) is 0. The lowest BCUT2D eigenvalue weighted by molar-refractivity contribution is 0.0957. The highest BCUT2D eigenvalue weighted by Gasteiger charge is 2.30. The molecule has 1 fully saturated rings. The Hall–Kier alpha value is -1.72. The second-order valence-electron chi connectivity index (χ2n) is 5.90. The van der Waals surface area contributed by atoms with Crippen LogP contribution in [0.5, 0.6) is 0 Å². The van der Waals surface area contributed by atoms with Gasteiger partial charge in [0.2, 0.25) is 0 Å². The first kappa shape index (κ1) is 14.2. The van der Waals surface area contributed by atoms with Gasteiger partial charge in [0.25, 0.3) is 0 Å². The van der Waals surface area contributed by atoms with E-state index in [4.69, 9.17) is 5.73 Å². The molecule has 0 bridgehead atoms. The maximum Gasteiger partial charge on any atom is 0.147 e. The molecule has 3 atom stereocenters. The average Bonchev–Trinajstić information content (AvgIpc) is 2.84. The van der Waals surface area contributed by atoms with Crippen LogP contribution in [0.1, 0.15) is 42.4 Å². The molecular weight excluding hydrogens is 264 g/mol. The van der Waals surface area contributed by atoms with Crippen LogP contribution in [-0.4, -0.2) is 32.0 Å². The van der Waals surface area contributed by atoms with Gasteiger partial charge in [-0.2, -0.15) is 5.10 Å². The van der Waals surface area contributed by atoms with E-state index in [9.17, 15) is 5.11 Å². The van der Waals surface area contributed by atoms with E-state index in [2.05, 4.69) is 22.2 Å². The van der Waals surface area contributed by atoms with E-state index in [0.29, 0.717) is 6.42 Å². The van der Waals surface area contributed by atoms with E-state index in [1.165, 1.54) is 5.56 Å². The van der Waals surface area contributed by atoms with Gasteiger partial charge < -0.3 is 10.8 Å². The van der Waals surface area contributed by atoms with Crippen molar-refractivity contribution in [3.63, 3.8) is 0 Å². The molecule has 1 aliphatic rings. The average molecular weight is 286 g/mol. The molecule has 1 aromatic carbocycles. The van der Waals surface area contributed by atoms with E-state index in [-0.39, 0.29) is 12.0 Å². The van der Waals surface area contributed by atoms with Crippen LogP contribution in [0.25, 0.3) is 0 Å². The fourth-order valence-corrected chi connectivity index (χ4v) is 3.05. The van der Waals surface area contributed by atoms with Gasteiger partial charge in [0.05, 0.1) is 12.6 Å². The Morgan fingerprint density at radius 1 is 1.29 bits per heavy atom. The first-order valence-electron chi connectivity index (χ1n) is 7.52. The number of aliphatic hydroxyl groups is 1. The van der Waals surface area contributed by atoms with Crippen molar-refractivity contribution in [2.45, 2.75) is 50.8 Å². The predicted molar refractivity (Wildman–Crippen MR) is 80.9 cm³/mol. The topological polar surface area (TPSA) is 77.0 Å². The van der Waals surface area contributed by atoms with E-state index < -0.39 is 6.10 Å². The zero-order valence-corrected chi connectivity index (χ0v) is 12.3. The molecule has 112 valence electrons. The number of aryl methyl sites for hydroxylation is 1. The molecule has 5 heteroatoms. The fraction of sp³-hybridized carbons (Fsp3) is 0.500. The number of aliphatic hydroxyl groups excluding tert-OH is 1. The Morgan fingerprint density at radius 3 is 2.76 bits per heavy atom. The SMILES string of the molecule is Cc1nc([C@H]2CC[C@H](N)[C@@H](O)C2)n(Cc2ccccc2)n1. The summed E-state index contributed by atoms with van der Waals surface area (Å²) < 4.78 is 1.97. The van der Waals surface area contributed by atoms with Crippen molar-refractivity contribution < 1.29 is 5.11 Å². The van der Waals surface area contributed by atoms with Crippen LogP contribution in [0, 0.1) is 6.92 Å². The largest absolute Gasteiger partial charge is 0.391 e. The molecule has 2 aromatic rings. The number of hydrogen-bond acceptors (Lipinski definition) is 4. The lowest BCUT2D eigenvalue weighted by atomic mass is 9.84. The minimum Gasteiger partial charge on any atom is -0.391 e. The third-order valence-corrected chi connectivity index (χ3v) is 4.22. The van der Waals surface area contributed by atoms with Gasteiger partial charge in [-0.3, -0.25) is 0 Å². The highest BCUT2D eigenvalue weighted by molar-refractivity contribution is 5.16. The second kappa shape index (κ2) is 5.95. The zero-order chi connectivity index (χ0) is 14.8. The molecule has 0 spiro atoms. The monoisotopic (exact) mass is 286 g/mol. The Morgan fingerprint density at radius 2 is 2.05 bits per heavy atom. The molecule has 1 heterocycles. The van der Waals surface area contributed by atoms with Crippen molar-refractivity contribution in [1.82, 2.24) is 14.8 Å². The highest BCUT2D eigenvalue weighted by atomic mass is 16.3. The summed E-state index contributed by atoms with van der Waals surface area (Å²) in [5.74, 6) is 2.00. The summed E-state index contributed by atoms with van der Waals surface area (Å²) in [4.78, 5) is 4.59. The summed E-state index contributed by atoms with van der Waals surface area (Å²) in [6.45, 7) is 2.63. The van der Waals surface area contributed by atoms with Crippen molar-refractivity contribution in [3.8, 4) is 0 Å². The first-order valence-corrected chi connectivity index (χ1v) is 7.52. The van der Waals surface area contributed by atoms with Crippen LogP contribution in [0.15, 0.2) is 30.3 Å². The summed E-state index contributed by atoms with van der Waals surface area (Å²) in [6.07, 6.45) is 2.04. The zero-order valence-electron chi connectivity index (χ0n) is 12.3. The Bertz CT molecular complexity index is 596. The van der Waals surface area contributed by atoms with Crippen molar-refractivity contribution in [1.29, 1.82) is 0 Å². The van der Waals surface area contributed by atoms with Crippen molar-refractivity contribution in [2.24, 2.45) is 5.73 Å². The van der Waals surface area contributed by atoms with Crippen LogP contribution in [0.4, 0.5) is 0 Å². The number of rotatable bonds is 3. The third-order valence-electron chi connectivity index (χ3n) is 4.22. The molecule has 1 saturated carbocycles. The van der Waals surface area contributed by atoms with Gasteiger partial charge in [-0.1, -0.05) is 30.3 Å². The Balaban J connectivity index is 1.83. The lowest BCUT2D eigenvalue weighted by Crippen LogP contribution is -2.40. The standard InChI is InChI=1S/C16H22N4O/c1-11-18-16(13-7-8-14(17)15(21)9-13)20(19-11)10-12-5-3-2-4-6-12/h2-6,13-15,21H,7-10,17H2,1H3/t13-,14-,15-/m0/s1. The van der Waals surface area contributed by atoms with Gasteiger partial charge in [0.1, 0.15) is 11.6 Å². The Labute approximate surface area is 124 Å². The smallest absolute Gasteiger partial charge is 0.147 e. The van der Waals surface area contributed by atoms with Gasteiger partial charge >= 0.3 is 0 Å². The van der Waals surface area contributed by atoms with E-state index in [1.807, 2.05) is 29.8 Å². The maximum atomic E-state index is 10.0. The molecule has 1 aromatic heterocycles. The molecule has 3 N–H and O–H groups in total. The van der Waals surface area contributed by atoms with E-state index in [0.717, 1.165) is 31.0 Å². The van der Waals surface area contributed by atoms with Gasteiger partial charge in [0.15, 0.2) is 0 Å². The van der Waals surface area contributed by atoms with Crippen LogP contribution < -0.4 is 5.73 Å². The molecule has 0 amide bonds. The molecule has 5 nitrogen and oxygen atoms in total. The first-order chi connectivity index (χ1) is 10.1. The summed E-state index contributed by atoms with van der Waals surface area (Å²) >= 11 is 0. The van der Waals surface area contributed by atoms with Gasteiger partial charge in [-0.15, -0.1) is 0 Å². The number of nitrogens with zero attached hydrogens (tertiary/aromatic N) is 3. The lowest BCUT2D eigenvalue weighted by Gasteiger charge is -2.30. The van der Waals surface area contributed by atoms with Crippen molar-refractivity contribution >= 4 is 0 Å². The molecule has 3 rings (SSSR count). The predicted octanol–water partition coefficient (Wildman–Crippen LogP) is 1.59.